The molecule has 27 heavy (non-hydrogen) atoms. The van der Waals surface area contributed by atoms with Crippen molar-refractivity contribution in [3.8, 4) is 0 Å². The van der Waals surface area contributed by atoms with E-state index in [2.05, 4.69) is 10.6 Å². The van der Waals surface area contributed by atoms with Crippen molar-refractivity contribution in [3.05, 3.63) is 64.4 Å². The Hall–Kier alpha value is -2.93. The van der Waals surface area contributed by atoms with Crippen LogP contribution in [-0.4, -0.2) is 30.9 Å². The third-order valence-electron chi connectivity index (χ3n) is 3.60. The van der Waals surface area contributed by atoms with Gasteiger partial charge in [-0.2, -0.15) is 0 Å². The van der Waals surface area contributed by atoms with E-state index in [1.807, 2.05) is 19.1 Å². The largest absolute Gasteiger partial charge is 0.452 e. The molecule has 0 aliphatic heterocycles. The Kier molecular flexibility index (Phi) is 7.31. The van der Waals surface area contributed by atoms with Crippen molar-refractivity contribution in [3.63, 3.8) is 0 Å². The van der Waals surface area contributed by atoms with Crippen LogP contribution in [-0.2, 0) is 20.7 Å². The number of hydrogen-bond acceptors (Lipinski definition) is 4. The molecule has 2 amide bonds. The Morgan fingerprint density at radius 3 is 2.56 bits per heavy atom. The number of benzene rings is 2. The minimum atomic E-state index is -0.999. The molecule has 2 aromatic rings. The van der Waals surface area contributed by atoms with E-state index < -0.39 is 30.2 Å². The summed E-state index contributed by atoms with van der Waals surface area (Å²) in [5.41, 5.74) is 1.31. The Balaban J connectivity index is 1.78. The molecule has 0 unspecified atom stereocenters. The van der Waals surface area contributed by atoms with Gasteiger partial charge in [-0.25, -0.2) is 9.18 Å². The van der Waals surface area contributed by atoms with E-state index in [9.17, 15) is 18.8 Å². The lowest BCUT2D eigenvalue weighted by molar-refractivity contribution is -0.126. The number of carbonyl (C=O) groups excluding carboxylic acids is 3. The molecule has 0 atom stereocenters. The van der Waals surface area contributed by atoms with Crippen LogP contribution in [0.1, 0.15) is 22.8 Å². The zero-order valence-corrected chi connectivity index (χ0v) is 15.3. The zero-order valence-electron chi connectivity index (χ0n) is 14.6. The number of amides is 2. The number of carbonyl (C=O) groups is 3. The van der Waals surface area contributed by atoms with Crippen LogP contribution in [0.25, 0.3) is 0 Å². The summed E-state index contributed by atoms with van der Waals surface area (Å²) in [6.45, 7) is 1.04. The van der Waals surface area contributed by atoms with Gasteiger partial charge in [-0.15, -0.1) is 0 Å². The van der Waals surface area contributed by atoms with Crippen molar-refractivity contribution < 1.29 is 23.5 Å². The van der Waals surface area contributed by atoms with E-state index in [1.165, 1.54) is 6.07 Å². The smallest absolute Gasteiger partial charge is 0.341 e. The molecule has 0 aliphatic rings. The van der Waals surface area contributed by atoms with Crippen LogP contribution in [0.2, 0.25) is 5.02 Å². The molecule has 0 saturated carbocycles. The fraction of sp³-hybridized carbons (Fsp3) is 0.211. The topological polar surface area (TPSA) is 84.5 Å². The third-order valence-corrected chi connectivity index (χ3v) is 3.84. The molecule has 0 radical (unpaired) electrons. The predicted octanol–water partition coefficient (Wildman–Crippen LogP) is 2.95. The maximum atomic E-state index is 13.6. The lowest BCUT2D eigenvalue weighted by Crippen LogP contribution is -2.35. The Morgan fingerprint density at radius 1 is 1.11 bits per heavy atom. The van der Waals surface area contributed by atoms with Crippen LogP contribution < -0.4 is 10.6 Å². The number of rotatable bonds is 7. The minimum Gasteiger partial charge on any atom is -0.452 e. The number of para-hydroxylation sites is 1. The molecule has 6 nitrogen and oxygen atoms in total. The summed E-state index contributed by atoms with van der Waals surface area (Å²) >= 11 is 5.60. The molecule has 0 spiro atoms. The molecular weight excluding hydrogens is 375 g/mol. The van der Waals surface area contributed by atoms with Gasteiger partial charge in [0.1, 0.15) is 5.82 Å². The molecule has 0 saturated heterocycles. The van der Waals surface area contributed by atoms with Crippen molar-refractivity contribution in [2.45, 2.75) is 13.3 Å². The summed E-state index contributed by atoms with van der Waals surface area (Å²) in [4.78, 5) is 35.4. The fourth-order valence-corrected chi connectivity index (χ4v) is 2.40. The van der Waals surface area contributed by atoms with E-state index in [0.29, 0.717) is 5.69 Å². The van der Waals surface area contributed by atoms with Gasteiger partial charge in [0.15, 0.2) is 6.61 Å². The molecule has 2 N–H and O–H groups in total. The highest BCUT2D eigenvalue weighted by atomic mass is 35.5. The predicted molar refractivity (Wildman–Crippen MR) is 99.2 cm³/mol. The summed E-state index contributed by atoms with van der Waals surface area (Å²) in [5.74, 6) is -2.95. The highest BCUT2D eigenvalue weighted by Crippen LogP contribution is 2.16. The maximum absolute atomic E-state index is 13.6. The lowest BCUT2D eigenvalue weighted by Gasteiger charge is -2.10. The van der Waals surface area contributed by atoms with Gasteiger partial charge in [0.25, 0.3) is 5.91 Å². The van der Waals surface area contributed by atoms with Gasteiger partial charge in [-0.3, -0.25) is 9.59 Å². The van der Waals surface area contributed by atoms with Crippen LogP contribution in [0, 0.1) is 5.82 Å². The summed E-state index contributed by atoms with van der Waals surface area (Å²) in [6, 6.07) is 10.8. The standard InChI is InChI=1S/C19H18ClFN2O4/c1-2-12-5-3-4-6-16(12)23-17(24)10-22-18(25)11-27-19(26)14-8-7-13(20)9-15(14)21/h3-9H,2,10-11H2,1H3,(H,22,25)(H,23,24). The minimum absolute atomic E-state index is 0.137. The van der Waals surface area contributed by atoms with Crippen LogP contribution in [0.4, 0.5) is 10.1 Å². The first-order valence-corrected chi connectivity index (χ1v) is 8.55. The molecule has 142 valence electrons. The lowest BCUT2D eigenvalue weighted by atomic mass is 10.1. The molecule has 2 aromatic carbocycles. The van der Waals surface area contributed by atoms with E-state index in [1.54, 1.807) is 12.1 Å². The molecule has 0 aromatic heterocycles. The second-order valence-electron chi connectivity index (χ2n) is 5.54. The number of nitrogens with one attached hydrogen (secondary N) is 2. The molecule has 0 heterocycles. The highest BCUT2D eigenvalue weighted by Gasteiger charge is 2.15. The number of esters is 1. The van der Waals surface area contributed by atoms with Crippen molar-refractivity contribution >= 4 is 35.1 Å². The maximum Gasteiger partial charge on any atom is 0.341 e. The third kappa shape index (κ3) is 6.07. The monoisotopic (exact) mass is 392 g/mol. The first kappa shape index (κ1) is 20.4. The van der Waals surface area contributed by atoms with Crippen LogP contribution in [0.3, 0.4) is 0 Å². The van der Waals surface area contributed by atoms with Crippen molar-refractivity contribution in [2.24, 2.45) is 0 Å². The van der Waals surface area contributed by atoms with E-state index >= 15 is 0 Å². The molecule has 8 heteroatoms. The molecule has 0 fully saturated rings. The first-order valence-electron chi connectivity index (χ1n) is 8.17. The number of aryl methyl sites for hydroxylation is 1. The summed E-state index contributed by atoms with van der Waals surface area (Å²) in [6.07, 6.45) is 0.750. The van der Waals surface area contributed by atoms with E-state index in [4.69, 9.17) is 16.3 Å². The summed E-state index contributed by atoms with van der Waals surface area (Å²) < 4.78 is 18.3. The highest BCUT2D eigenvalue weighted by molar-refractivity contribution is 6.30. The van der Waals surface area contributed by atoms with Gasteiger partial charge < -0.3 is 15.4 Å². The number of hydrogen-bond donors (Lipinski definition) is 2. The quantitative estimate of drug-likeness (QED) is 0.709. The molecule has 0 aliphatic carbocycles. The fourth-order valence-electron chi connectivity index (χ4n) is 2.24. The van der Waals surface area contributed by atoms with Gasteiger partial charge in [0.2, 0.25) is 5.91 Å². The van der Waals surface area contributed by atoms with Crippen molar-refractivity contribution in [2.75, 3.05) is 18.5 Å². The second-order valence-corrected chi connectivity index (χ2v) is 5.97. The second kappa shape index (κ2) is 9.68. The SMILES string of the molecule is CCc1ccccc1NC(=O)CNC(=O)COC(=O)c1ccc(Cl)cc1F. The Labute approximate surface area is 160 Å². The Bertz CT molecular complexity index is 857. The number of ether oxygens (including phenoxy) is 1. The van der Waals surface area contributed by atoms with E-state index in [-0.39, 0.29) is 17.1 Å². The van der Waals surface area contributed by atoms with Crippen LogP contribution >= 0.6 is 11.6 Å². The number of halogens is 2. The van der Waals surface area contributed by atoms with Gasteiger partial charge in [-0.1, -0.05) is 36.7 Å². The Morgan fingerprint density at radius 2 is 1.85 bits per heavy atom. The van der Waals surface area contributed by atoms with Crippen molar-refractivity contribution in [1.82, 2.24) is 5.32 Å². The van der Waals surface area contributed by atoms with E-state index in [0.717, 1.165) is 24.1 Å². The van der Waals surface area contributed by atoms with Crippen LogP contribution in [0.15, 0.2) is 42.5 Å². The van der Waals surface area contributed by atoms with Crippen LogP contribution in [0.5, 0.6) is 0 Å². The zero-order chi connectivity index (χ0) is 19.8. The van der Waals surface area contributed by atoms with Crippen molar-refractivity contribution in [1.29, 1.82) is 0 Å². The van der Waals surface area contributed by atoms with Gasteiger partial charge in [0, 0.05) is 10.7 Å². The van der Waals surface area contributed by atoms with Gasteiger partial charge >= 0.3 is 5.97 Å². The van der Waals surface area contributed by atoms with Gasteiger partial charge in [-0.05, 0) is 36.2 Å². The molecule has 0 bridgehead atoms. The average Bonchev–Trinajstić information content (AvgIpc) is 2.65. The summed E-state index contributed by atoms with van der Waals surface area (Å²) in [7, 11) is 0. The molecular formula is C19H18ClFN2O4. The first-order chi connectivity index (χ1) is 12.9. The average molecular weight is 393 g/mol. The normalized spacial score (nSPS) is 10.2. The molecule has 2 rings (SSSR count). The number of anilines is 1. The van der Waals surface area contributed by atoms with Gasteiger partial charge in [0.05, 0.1) is 12.1 Å². The summed E-state index contributed by atoms with van der Waals surface area (Å²) in [5, 5.41) is 5.16.